The van der Waals surface area contributed by atoms with Crippen LogP contribution in [0, 0.1) is 0 Å². The van der Waals surface area contributed by atoms with Crippen LogP contribution in [0.2, 0.25) is 0 Å². The summed E-state index contributed by atoms with van der Waals surface area (Å²) in [5.74, 6) is -0.602. The maximum atomic E-state index is 12.1. The summed E-state index contributed by atoms with van der Waals surface area (Å²) >= 11 is 4.95. The Bertz CT molecular complexity index is 576. The highest BCUT2D eigenvalue weighted by molar-refractivity contribution is 7.80. The molecule has 1 aromatic carbocycles. The SMILES string of the molecule is C=CCNC(=S)/N=C/C(C(=O)Nc1ccccc1)=C(/C)O. The highest BCUT2D eigenvalue weighted by Crippen LogP contribution is 2.08. The number of hydrogen-bond acceptors (Lipinski definition) is 3. The minimum absolute atomic E-state index is 0.0432. The summed E-state index contributed by atoms with van der Waals surface area (Å²) < 4.78 is 0. The number of nitrogens with one attached hydrogen (secondary N) is 2. The highest BCUT2D eigenvalue weighted by Gasteiger charge is 2.11. The third-order valence-corrected chi connectivity index (χ3v) is 2.62. The highest BCUT2D eigenvalue weighted by atomic mass is 32.1. The van der Waals surface area contributed by atoms with Gasteiger partial charge in [-0.15, -0.1) is 6.58 Å². The first-order valence-electron chi connectivity index (χ1n) is 6.23. The number of amides is 1. The molecule has 1 aromatic rings. The van der Waals surface area contributed by atoms with Gasteiger partial charge in [0.1, 0.15) is 5.76 Å². The fourth-order valence-corrected chi connectivity index (χ4v) is 1.50. The number of allylic oxidation sites excluding steroid dienone is 1. The lowest BCUT2D eigenvalue weighted by Crippen LogP contribution is -2.21. The van der Waals surface area contributed by atoms with E-state index in [4.69, 9.17) is 12.2 Å². The molecule has 1 rings (SSSR count). The van der Waals surface area contributed by atoms with E-state index in [9.17, 15) is 9.90 Å². The number of aliphatic hydroxyl groups is 1. The number of carbonyl (C=O) groups is 1. The maximum absolute atomic E-state index is 12.1. The molecule has 0 heterocycles. The van der Waals surface area contributed by atoms with Crippen molar-refractivity contribution in [2.45, 2.75) is 6.92 Å². The van der Waals surface area contributed by atoms with E-state index in [2.05, 4.69) is 22.2 Å². The van der Waals surface area contributed by atoms with Gasteiger partial charge in [0.15, 0.2) is 5.11 Å². The van der Waals surface area contributed by atoms with E-state index < -0.39 is 5.91 Å². The predicted octanol–water partition coefficient (Wildman–Crippen LogP) is 2.59. The number of aliphatic hydroxyl groups excluding tert-OH is 1. The number of nitrogens with zero attached hydrogens (tertiary/aromatic N) is 1. The van der Waals surface area contributed by atoms with Crippen LogP contribution in [0.5, 0.6) is 0 Å². The first kappa shape index (κ1) is 16.6. The number of aliphatic imine (C=N–C) groups is 1. The smallest absolute Gasteiger partial charge is 0.260 e. The molecule has 0 spiro atoms. The van der Waals surface area contributed by atoms with Crippen LogP contribution in [0.1, 0.15) is 6.92 Å². The van der Waals surface area contributed by atoms with Crippen LogP contribution in [-0.4, -0.2) is 28.9 Å². The lowest BCUT2D eigenvalue weighted by molar-refractivity contribution is -0.112. The molecule has 0 aliphatic carbocycles. The number of para-hydroxylation sites is 1. The van der Waals surface area contributed by atoms with E-state index in [1.54, 1.807) is 30.3 Å². The van der Waals surface area contributed by atoms with E-state index in [0.717, 1.165) is 0 Å². The van der Waals surface area contributed by atoms with Crippen LogP contribution < -0.4 is 10.6 Å². The van der Waals surface area contributed by atoms with E-state index in [-0.39, 0.29) is 16.4 Å². The number of rotatable bonds is 5. The molecule has 110 valence electrons. The maximum Gasteiger partial charge on any atom is 0.260 e. The number of hydrogen-bond donors (Lipinski definition) is 3. The number of carbonyl (C=O) groups excluding carboxylic acids is 1. The van der Waals surface area contributed by atoms with Crippen LogP contribution >= 0.6 is 12.2 Å². The molecule has 21 heavy (non-hydrogen) atoms. The molecule has 1 amide bonds. The normalized spacial score (nSPS) is 11.7. The number of anilines is 1. The molecule has 0 radical (unpaired) electrons. The predicted molar refractivity (Wildman–Crippen MR) is 89.7 cm³/mol. The van der Waals surface area contributed by atoms with Crippen LogP contribution in [-0.2, 0) is 4.79 Å². The minimum Gasteiger partial charge on any atom is -0.512 e. The van der Waals surface area contributed by atoms with Crippen LogP contribution in [0.3, 0.4) is 0 Å². The largest absolute Gasteiger partial charge is 0.512 e. The lowest BCUT2D eigenvalue weighted by atomic mass is 10.2. The van der Waals surface area contributed by atoms with Crippen molar-refractivity contribution in [1.82, 2.24) is 5.32 Å². The van der Waals surface area contributed by atoms with Crippen molar-refractivity contribution in [3.63, 3.8) is 0 Å². The van der Waals surface area contributed by atoms with E-state index >= 15 is 0 Å². The zero-order chi connectivity index (χ0) is 15.7. The molecule has 3 N–H and O–H groups in total. The van der Waals surface area contributed by atoms with E-state index in [1.807, 2.05) is 6.07 Å². The van der Waals surface area contributed by atoms with Gasteiger partial charge in [-0.25, -0.2) is 4.99 Å². The number of thiocarbonyl (C=S) groups is 1. The second-order valence-corrected chi connectivity index (χ2v) is 4.44. The summed E-state index contributed by atoms with van der Waals surface area (Å²) in [6, 6.07) is 8.93. The van der Waals surface area contributed by atoms with Crippen molar-refractivity contribution in [3.05, 3.63) is 54.3 Å². The molecule has 6 heteroatoms. The zero-order valence-electron chi connectivity index (χ0n) is 11.7. The van der Waals surface area contributed by atoms with Gasteiger partial charge in [-0.05, 0) is 31.3 Å². The topological polar surface area (TPSA) is 73.7 Å². The van der Waals surface area contributed by atoms with Gasteiger partial charge in [0.25, 0.3) is 5.91 Å². The van der Waals surface area contributed by atoms with E-state index in [1.165, 1.54) is 13.1 Å². The number of benzene rings is 1. The second kappa shape index (κ2) is 8.65. The van der Waals surface area contributed by atoms with Gasteiger partial charge in [0, 0.05) is 18.4 Å². The summed E-state index contributed by atoms with van der Waals surface area (Å²) in [6.07, 6.45) is 2.87. The van der Waals surface area contributed by atoms with Gasteiger partial charge in [-0.1, -0.05) is 24.3 Å². The lowest BCUT2D eigenvalue weighted by Gasteiger charge is -2.06. The molecule has 5 nitrogen and oxygen atoms in total. The first-order chi connectivity index (χ1) is 10.0. The Kier molecular flexibility index (Phi) is 6.83. The minimum atomic E-state index is -0.462. The average Bonchev–Trinajstić information content (AvgIpc) is 2.46. The van der Waals surface area contributed by atoms with Gasteiger partial charge >= 0.3 is 0 Å². The molecule has 0 fully saturated rings. The van der Waals surface area contributed by atoms with Crippen molar-refractivity contribution >= 4 is 35.1 Å². The van der Waals surface area contributed by atoms with Gasteiger partial charge in [-0.2, -0.15) is 0 Å². The third-order valence-electron chi connectivity index (χ3n) is 2.37. The monoisotopic (exact) mass is 303 g/mol. The molecule has 0 unspecified atom stereocenters. The Morgan fingerprint density at radius 1 is 1.43 bits per heavy atom. The van der Waals surface area contributed by atoms with E-state index in [0.29, 0.717) is 12.2 Å². The van der Waals surface area contributed by atoms with Crippen molar-refractivity contribution in [3.8, 4) is 0 Å². The first-order valence-corrected chi connectivity index (χ1v) is 6.64. The summed E-state index contributed by atoms with van der Waals surface area (Å²) in [6.45, 7) is 5.43. The van der Waals surface area contributed by atoms with Crippen LogP contribution in [0.4, 0.5) is 5.69 Å². The summed E-state index contributed by atoms with van der Waals surface area (Å²) in [5, 5.41) is 15.3. The van der Waals surface area contributed by atoms with Crippen LogP contribution in [0.15, 0.2) is 59.3 Å². The van der Waals surface area contributed by atoms with Gasteiger partial charge in [0.2, 0.25) is 0 Å². The third kappa shape index (κ3) is 6.01. The van der Waals surface area contributed by atoms with Crippen molar-refractivity contribution in [2.75, 3.05) is 11.9 Å². The van der Waals surface area contributed by atoms with Gasteiger partial charge < -0.3 is 15.7 Å². The van der Waals surface area contributed by atoms with Crippen LogP contribution in [0.25, 0.3) is 0 Å². The molecular formula is C15H17N3O2S. The summed E-state index contributed by atoms with van der Waals surface area (Å²) in [7, 11) is 0. The Balaban J connectivity index is 2.76. The molecule has 0 saturated heterocycles. The quantitative estimate of drug-likeness (QED) is 0.257. The Morgan fingerprint density at radius 2 is 2.10 bits per heavy atom. The fraction of sp³-hybridized carbons (Fsp3) is 0.133. The van der Waals surface area contributed by atoms with Crippen molar-refractivity contribution in [2.24, 2.45) is 4.99 Å². The standard InChI is InChI=1S/C15H17N3O2S/c1-3-9-16-15(21)17-10-13(11(2)19)14(20)18-12-7-5-4-6-8-12/h3-8,10,19H,1,9H2,2H3,(H,16,21)(H,18,20)/b13-11+,17-10+. The molecule has 0 bridgehead atoms. The molecule has 0 aliphatic rings. The van der Waals surface area contributed by atoms with Gasteiger partial charge in [0.05, 0.1) is 5.57 Å². The molecule has 0 atom stereocenters. The Hall–Kier alpha value is -2.47. The fourth-order valence-electron chi connectivity index (χ4n) is 1.36. The average molecular weight is 303 g/mol. The van der Waals surface area contributed by atoms with Gasteiger partial charge in [-0.3, -0.25) is 4.79 Å². The molecule has 0 aliphatic heterocycles. The van der Waals surface area contributed by atoms with Crippen molar-refractivity contribution < 1.29 is 9.90 Å². The molecule has 0 saturated carbocycles. The molecular weight excluding hydrogens is 286 g/mol. The summed E-state index contributed by atoms with van der Waals surface area (Å²) in [5.41, 5.74) is 0.670. The zero-order valence-corrected chi connectivity index (χ0v) is 12.5. The summed E-state index contributed by atoms with van der Waals surface area (Å²) in [4.78, 5) is 16.0. The molecule has 0 aromatic heterocycles. The Morgan fingerprint density at radius 3 is 2.67 bits per heavy atom. The van der Waals surface area contributed by atoms with Crippen molar-refractivity contribution in [1.29, 1.82) is 0 Å². The second-order valence-electron chi connectivity index (χ2n) is 4.05. The Labute approximate surface area is 129 Å².